The van der Waals surface area contributed by atoms with Gasteiger partial charge < -0.3 is 20.1 Å². The number of carbonyl (C=O) groups excluding carboxylic acids is 2. The summed E-state index contributed by atoms with van der Waals surface area (Å²) in [5, 5.41) is 6.16. The Balaban J connectivity index is 0.00000288. The average Bonchev–Trinajstić information content (AvgIpc) is 2.56. The number of esters is 1. The summed E-state index contributed by atoms with van der Waals surface area (Å²) in [6.07, 6.45) is 0.390. The number of hydrogen-bond donors (Lipinski definition) is 2. The summed E-state index contributed by atoms with van der Waals surface area (Å²) in [6, 6.07) is 7.72. The molecule has 1 saturated heterocycles. The molecule has 1 aromatic rings. The number of morpholine rings is 1. The summed E-state index contributed by atoms with van der Waals surface area (Å²) >= 11 is 1.48. The van der Waals surface area contributed by atoms with Gasteiger partial charge in [0.15, 0.2) is 0 Å². The van der Waals surface area contributed by atoms with Crippen molar-refractivity contribution in [3.8, 4) is 0 Å². The minimum atomic E-state index is -0.235. The lowest BCUT2D eigenvalue weighted by atomic mass is 10.1. The molecular weight excluding hydrogens is 352 g/mol. The number of benzene rings is 1. The number of thioether (sulfide) groups is 1. The fourth-order valence-electron chi connectivity index (χ4n) is 2.24. The molecule has 0 aromatic heterocycles. The second-order valence-corrected chi connectivity index (χ2v) is 6.23. The van der Waals surface area contributed by atoms with E-state index < -0.39 is 0 Å². The van der Waals surface area contributed by atoms with E-state index in [2.05, 4.69) is 15.4 Å². The molecule has 1 aliphatic rings. The zero-order valence-corrected chi connectivity index (χ0v) is 15.2. The van der Waals surface area contributed by atoms with Crippen LogP contribution in [0.25, 0.3) is 0 Å². The SMILES string of the molecule is COC(=O)CSCc1cccc(NC(=O)CC2COCCN2)c1.Cl. The minimum Gasteiger partial charge on any atom is -0.468 e. The molecule has 1 aromatic carbocycles. The van der Waals surface area contributed by atoms with Crippen LogP contribution in [0.1, 0.15) is 12.0 Å². The molecule has 1 amide bonds. The third kappa shape index (κ3) is 7.53. The van der Waals surface area contributed by atoms with Gasteiger partial charge in [0.2, 0.25) is 5.91 Å². The standard InChI is InChI=1S/C16H22N2O4S.ClH/c1-21-16(20)11-23-10-12-3-2-4-13(7-12)18-15(19)8-14-9-22-6-5-17-14;/h2-4,7,14,17H,5-6,8-11H2,1H3,(H,18,19);1H. The molecule has 0 saturated carbocycles. The third-order valence-electron chi connectivity index (χ3n) is 3.36. The predicted octanol–water partition coefficient (Wildman–Crippen LogP) is 1.83. The Morgan fingerprint density at radius 1 is 1.46 bits per heavy atom. The van der Waals surface area contributed by atoms with Crippen molar-refractivity contribution in [2.24, 2.45) is 0 Å². The summed E-state index contributed by atoms with van der Waals surface area (Å²) in [5.74, 6) is 0.742. The Bertz CT molecular complexity index is 539. The number of anilines is 1. The average molecular weight is 375 g/mol. The molecule has 0 aliphatic carbocycles. The van der Waals surface area contributed by atoms with Crippen molar-refractivity contribution in [3.63, 3.8) is 0 Å². The number of carbonyl (C=O) groups is 2. The van der Waals surface area contributed by atoms with Gasteiger partial charge in [-0.2, -0.15) is 0 Å². The highest BCUT2D eigenvalue weighted by Crippen LogP contribution is 2.17. The van der Waals surface area contributed by atoms with E-state index in [-0.39, 0.29) is 30.3 Å². The van der Waals surface area contributed by atoms with E-state index in [1.807, 2.05) is 24.3 Å². The van der Waals surface area contributed by atoms with Crippen molar-refractivity contribution in [2.45, 2.75) is 18.2 Å². The fourth-order valence-corrected chi connectivity index (χ4v) is 3.04. The van der Waals surface area contributed by atoms with Crippen LogP contribution >= 0.6 is 24.2 Å². The Kier molecular flexibility index (Phi) is 9.78. The number of hydrogen-bond acceptors (Lipinski definition) is 6. The highest BCUT2D eigenvalue weighted by Gasteiger charge is 2.16. The molecule has 0 radical (unpaired) electrons. The lowest BCUT2D eigenvalue weighted by Gasteiger charge is -2.23. The van der Waals surface area contributed by atoms with Gasteiger partial charge in [-0.1, -0.05) is 12.1 Å². The molecule has 1 heterocycles. The summed E-state index contributed by atoms with van der Waals surface area (Å²) in [7, 11) is 1.38. The van der Waals surface area contributed by atoms with Crippen LogP contribution in [0.3, 0.4) is 0 Å². The van der Waals surface area contributed by atoms with Crippen LogP contribution in [0.5, 0.6) is 0 Å². The van der Waals surface area contributed by atoms with E-state index in [0.717, 1.165) is 17.8 Å². The highest BCUT2D eigenvalue weighted by molar-refractivity contribution is 7.99. The van der Waals surface area contributed by atoms with E-state index in [1.165, 1.54) is 18.9 Å². The molecule has 0 spiro atoms. The molecule has 134 valence electrons. The maximum atomic E-state index is 12.1. The van der Waals surface area contributed by atoms with Crippen LogP contribution in [-0.4, -0.2) is 50.5 Å². The van der Waals surface area contributed by atoms with Gasteiger partial charge in [-0.05, 0) is 17.7 Å². The van der Waals surface area contributed by atoms with Crippen molar-refractivity contribution in [1.82, 2.24) is 5.32 Å². The van der Waals surface area contributed by atoms with Gasteiger partial charge in [0.1, 0.15) is 0 Å². The molecule has 2 N–H and O–H groups in total. The molecule has 1 unspecified atom stereocenters. The number of halogens is 1. The van der Waals surface area contributed by atoms with Crippen molar-refractivity contribution in [1.29, 1.82) is 0 Å². The van der Waals surface area contributed by atoms with Crippen molar-refractivity contribution in [3.05, 3.63) is 29.8 Å². The molecular formula is C16H23ClN2O4S. The minimum absolute atomic E-state index is 0. The van der Waals surface area contributed by atoms with Crippen molar-refractivity contribution < 1.29 is 19.1 Å². The predicted molar refractivity (Wildman–Crippen MR) is 97.7 cm³/mol. The third-order valence-corrected chi connectivity index (χ3v) is 4.33. The highest BCUT2D eigenvalue weighted by atomic mass is 35.5. The van der Waals surface area contributed by atoms with Gasteiger partial charge in [0.05, 0.1) is 26.1 Å². The number of amides is 1. The first-order chi connectivity index (χ1) is 11.2. The smallest absolute Gasteiger partial charge is 0.315 e. The van der Waals surface area contributed by atoms with Crippen LogP contribution in [-0.2, 0) is 24.8 Å². The molecule has 6 nitrogen and oxygen atoms in total. The van der Waals surface area contributed by atoms with Crippen LogP contribution in [0.2, 0.25) is 0 Å². The van der Waals surface area contributed by atoms with Gasteiger partial charge in [0.25, 0.3) is 0 Å². The second-order valence-electron chi connectivity index (χ2n) is 5.25. The van der Waals surface area contributed by atoms with E-state index >= 15 is 0 Å². The monoisotopic (exact) mass is 374 g/mol. The lowest BCUT2D eigenvalue weighted by Crippen LogP contribution is -2.43. The van der Waals surface area contributed by atoms with E-state index in [0.29, 0.717) is 31.1 Å². The van der Waals surface area contributed by atoms with Gasteiger partial charge in [-0.15, -0.1) is 24.2 Å². The summed E-state index contributed by atoms with van der Waals surface area (Å²) < 4.78 is 9.95. The van der Waals surface area contributed by atoms with E-state index in [1.54, 1.807) is 0 Å². The van der Waals surface area contributed by atoms with E-state index in [4.69, 9.17) is 4.74 Å². The molecule has 1 atom stereocenters. The molecule has 8 heteroatoms. The molecule has 0 bridgehead atoms. The Morgan fingerprint density at radius 3 is 3.00 bits per heavy atom. The van der Waals surface area contributed by atoms with Gasteiger partial charge in [0, 0.05) is 30.4 Å². The van der Waals surface area contributed by atoms with Gasteiger partial charge in [-0.25, -0.2) is 0 Å². The quantitative estimate of drug-likeness (QED) is 0.709. The summed E-state index contributed by atoms with van der Waals surface area (Å²) in [5.41, 5.74) is 1.82. The summed E-state index contributed by atoms with van der Waals surface area (Å²) in [6.45, 7) is 2.05. The number of methoxy groups -OCH3 is 1. The Labute approximate surface area is 152 Å². The zero-order chi connectivity index (χ0) is 16.5. The lowest BCUT2D eigenvalue weighted by molar-refractivity contribution is -0.137. The van der Waals surface area contributed by atoms with E-state index in [9.17, 15) is 9.59 Å². The number of nitrogens with one attached hydrogen (secondary N) is 2. The van der Waals surface area contributed by atoms with Gasteiger partial charge in [-0.3, -0.25) is 9.59 Å². The van der Waals surface area contributed by atoms with Gasteiger partial charge >= 0.3 is 5.97 Å². The maximum Gasteiger partial charge on any atom is 0.315 e. The Morgan fingerprint density at radius 2 is 2.29 bits per heavy atom. The van der Waals surface area contributed by atoms with Crippen LogP contribution in [0.15, 0.2) is 24.3 Å². The molecule has 2 rings (SSSR count). The topological polar surface area (TPSA) is 76.7 Å². The number of rotatable bonds is 7. The largest absolute Gasteiger partial charge is 0.468 e. The van der Waals surface area contributed by atoms with Crippen LogP contribution in [0.4, 0.5) is 5.69 Å². The molecule has 24 heavy (non-hydrogen) atoms. The first-order valence-corrected chi connectivity index (χ1v) is 8.67. The second kappa shape index (κ2) is 11.3. The normalized spacial score (nSPS) is 16.8. The van der Waals surface area contributed by atoms with Crippen molar-refractivity contribution in [2.75, 3.05) is 37.9 Å². The summed E-state index contributed by atoms with van der Waals surface area (Å²) in [4.78, 5) is 23.1. The Hall–Kier alpha value is -1.28. The van der Waals surface area contributed by atoms with Crippen LogP contribution < -0.4 is 10.6 Å². The van der Waals surface area contributed by atoms with Crippen molar-refractivity contribution >= 4 is 41.7 Å². The maximum absolute atomic E-state index is 12.1. The number of ether oxygens (including phenoxy) is 2. The fraction of sp³-hybridized carbons (Fsp3) is 0.500. The molecule has 1 fully saturated rings. The zero-order valence-electron chi connectivity index (χ0n) is 13.6. The first-order valence-electron chi connectivity index (χ1n) is 7.52. The van der Waals surface area contributed by atoms with Crippen LogP contribution in [0, 0.1) is 0 Å². The molecule has 1 aliphatic heterocycles. The first kappa shape index (κ1) is 20.8.